The third kappa shape index (κ3) is 7.34. The maximum absolute atomic E-state index is 5.69. The van der Waals surface area contributed by atoms with E-state index in [0.29, 0.717) is 12.0 Å². The Kier molecular flexibility index (Phi) is 9.42. The Morgan fingerprint density at radius 3 is 2.36 bits per heavy atom. The molecule has 1 N–H and O–H groups in total. The number of likely N-dealkylation sites (N-methyl/N-ethyl adjacent to an activating group) is 1. The summed E-state index contributed by atoms with van der Waals surface area (Å²) in [5, 5.41) is 3.41. The molecule has 2 nitrogen and oxygen atoms in total. The Balaban J connectivity index is 3.40. The van der Waals surface area contributed by atoms with Crippen molar-refractivity contribution in [2.45, 2.75) is 53.0 Å². The molecule has 0 amide bonds. The molecule has 2 heteroatoms. The summed E-state index contributed by atoms with van der Waals surface area (Å²) in [6.07, 6.45) is 3.68. The van der Waals surface area contributed by atoms with Crippen molar-refractivity contribution in [1.82, 2.24) is 5.32 Å². The van der Waals surface area contributed by atoms with Gasteiger partial charge in [-0.15, -0.1) is 0 Å². The van der Waals surface area contributed by atoms with Crippen molar-refractivity contribution in [2.24, 2.45) is 5.92 Å². The number of hydrogen-bond donors (Lipinski definition) is 1. The molecule has 14 heavy (non-hydrogen) atoms. The molecule has 0 spiro atoms. The van der Waals surface area contributed by atoms with Crippen molar-refractivity contribution in [3.05, 3.63) is 0 Å². The fourth-order valence-corrected chi connectivity index (χ4v) is 1.60. The lowest BCUT2D eigenvalue weighted by Crippen LogP contribution is -2.33. The first-order valence-corrected chi connectivity index (χ1v) is 6.05. The van der Waals surface area contributed by atoms with Gasteiger partial charge in [0.2, 0.25) is 0 Å². The number of ether oxygens (including phenoxy) is 1. The Morgan fingerprint density at radius 1 is 1.14 bits per heavy atom. The van der Waals surface area contributed by atoms with E-state index in [0.717, 1.165) is 26.2 Å². The topological polar surface area (TPSA) is 21.3 Å². The molecule has 2 atom stereocenters. The third-order valence-corrected chi connectivity index (χ3v) is 2.49. The lowest BCUT2D eigenvalue weighted by Gasteiger charge is -2.17. The van der Waals surface area contributed by atoms with Crippen LogP contribution in [0.4, 0.5) is 0 Å². The predicted octanol–water partition coefficient (Wildman–Crippen LogP) is 2.83. The average molecular weight is 201 g/mol. The molecule has 86 valence electrons. The minimum absolute atomic E-state index is 0.536. The van der Waals surface area contributed by atoms with Gasteiger partial charge >= 0.3 is 0 Å². The summed E-state index contributed by atoms with van der Waals surface area (Å²) in [4.78, 5) is 0. The van der Waals surface area contributed by atoms with Crippen LogP contribution in [0.3, 0.4) is 0 Å². The highest BCUT2D eigenvalue weighted by Gasteiger charge is 2.05. The monoisotopic (exact) mass is 201 g/mol. The largest absolute Gasteiger partial charge is 0.380 e. The molecule has 0 fully saturated rings. The van der Waals surface area contributed by atoms with Crippen LogP contribution in [0.2, 0.25) is 0 Å². The van der Waals surface area contributed by atoms with Gasteiger partial charge in [0, 0.05) is 12.6 Å². The van der Waals surface area contributed by atoms with Gasteiger partial charge in [0.25, 0.3) is 0 Å². The van der Waals surface area contributed by atoms with Crippen LogP contribution in [0, 0.1) is 5.92 Å². The Morgan fingerprint density at radius 2 is 1.86 bits per heavy atom. The van der Waals surface area contributed by atoms with E-state index >= 15 is 0 Å². The van der Waals surface area contributed by atoms with Crippen LogP contribution in [0.15, 0.2) is 0 Å². The van der Waals surface area contributed by atoms with E-state index in [9.17, 15) is 0 Å². The van der Waals surface area contributed by atoms with Gasteiger partial charge in [0.05, 0.1) is 6.61 Å². The molecular weight excluding hydrogens is 174 g/mol. The van der Waals surface area contributed by atoms with Crippen molar-refractivity contribution in [3.63, 3.8) is 0 Å². The van der Waals surface area contributed by atoms with Gasteiger partial charge in [-0.1, -0.05) is 34.1 Å². The SMILES string of the molecule is CCCC(C)COCC(CC)NCC. The van der Waals surface area contributed by atoms with E-state index in [2.05, 4.69) is 33.0 Å². The van der Waals surface area contributed by atoms with Gasteiger partial charge in [0.15, 0.2) is 0 Å². The lowest BCUT2D eigenvalue weighted by atomic mass is 10.1. The fraction of sp³-hybridized carbons (Fsp3) is 1.00. The van der Waals surface area contributed by atoms with Crippen LogP contribution in [-0.2, 0) is 4.74 Å². The molecule has 0 radical (unpaired) electrons. The van der Waals surface area contributed by atoms with Crippen LogP contribution in [-0.4, -0.2) is 25.8 Å². The molecule has 0 rings (SSSR count). The molecule has 0 bridgehead atoms. The number of rotatable bonds is 9. The highest BCUT2D eigenvalue weighted by atomic mass is 16.5. The molecule has 2 unspecified atom stereocenters. The first kappa shape index (κ1) is 13.9. The Hall–Kier alpha value is -0.0800. The van der Waals surface area contributed by atoms with Crippen molar-refractivity contribution in [2.75, 3.05) is 19.8 Å². The molecule has 0 aromatic rings. The smallest absolute Gasteiger partial charge is 0.0619 e. The highest BCUT2D eigenvalue weighted by molar-refractivity contribution is 4.62. The molecule has 0 aromatic carbocycles. The van der Waals surface area contributed by atoms with Crippen molar-refractivity contribution in [3.8, 4) is 0 Å². The van der Waals surface area contributed by atoms with Crippen LogP contribution in [0.5, 0.6) is 0 Å². The predicted molar refractivity (Wildman–Crippen MR) is 62.6 cm³/mol. The van der Waals surface area contributed by atoms with Gasteiger partial charge in [-0.25, -0.2) is 0 Å². The molecule has 0 aliphatic rings. The van der Waals surface area contributed by atoms with E-state index < -0.39 is 0 Å². The summed E-state index contributed by atoms with van der Waals surface area (Å²) in [6, 6.07) is 0.536. The molecule has 0 saturated carbocycles. The summed E-state index contributed by atoms with van der Waals surface area (Å²) in [5.41, 5.74) is 0. The van der Waals surface area contributed by atoms with Crippen molar-refractivity contribution >= 4 is 0 Å². The van der Waals surface area contributed by atoms with Gasteiger partial charge < -0.3 is 10.1 Å². The summed E-state index contributed by atoms with van der Waals surface area (Å²) >= 11 is 0. The maximum Gasteiger partial charge on any atom is 0.0619 e. The zero-order valence-corrected chi connectivity index (χ0v) is 10.3. The normalized spacial score (nSPS) is 15.4. The van der Waals surface area contributed by atoms with Gasteiger partial charge in [-0.3, -0.25) is 0 Å². The quantitative estimate of drug-likeness (QED) is 0.619. The van der Waals surface area contributed by atoms with Crippen molar-refractivity contribution < 1.29 is 4.74 Å². The number of nitrogens with one attached hydrogen (secondary N) is 1. The second kappa shape index (κ2) is 9.47. The fourth-order valence-electron chi connectivity index (χ4n) is 1.60. The zero-order chi connectivity index (χ0) is 10.8. The standard InChI is InChI=1S/C12H27NO/c1-5-8-11(4)9-14-10-12(6-2)13-7-3/h11-13H,5-10H2,1-4H3. The van der Waals surface area contributed by atoms with Crippen LogP contribution in [0.25, 0.3) is 0 Å². The van der Waals surface area contributed by atoms with E-state index in [4.69, 9.17) is 4.74 Å². The van der Waals surface area contributed by atoms with Crippen LogP contribution in [0.1, 0.15) is 47.0 Å². The second-order valence-corrected chi connectivity index (χ2v) is 4.09. The highest BCUT2D eigenvalue weighted by Crippen LogP contribution is 2.05. The number of hydrogen-bond acceptors (Lipinski definition) is 2. The van der Waals surface area contributed by atoms with E-state index in [1.54, 1.807) is 0 Å². The zero-order valence-electron chi connectivity index (χ0n) is 10.3. The summed E-state index contributed by atoms with van der Waals surface area (Å²) < 4.78 is 5.69. The minimum Gasteiger partial charge on any atom is -0.380 e. The molecule has 0 aliphatic heterocycles. The Labute approximate surface area is 89.4 Å². The first-order chi connectivity index (χ1) is 6.74. The molecule has 0 saturated heterocycles. The summed E-state index contributed by atoms with van der Waals surface area (Å²) in [7, 11) is 0. The first-order valence-electron chi connectivity index (χ1n) is 6.05. The molecule has 0 aliphatic carbocycles. The van der Waals surface area contributed by atoms with Gasteiger partial charge in [-0.2, -0.15) is 0 Å². The summed E-state index contributed by atoms with van der Waals surface area (Å²) in [5.74, 6) is 0.708. The van der Waals surface area contributed by atoms with Gasteiger partial charge in [-0.05, 0) is 25.3 Å². The van der Waals surface area contributed by atoms with Crippen molar-refractivity contribution in [1.29, 1.82) is 0 Å². The van der Waals surface area contributed by atoms with Gasteiger partial charge in [0.1, 0.15) is 0 Å². The molecular formula is C12H27NO. The lowest BCUT2D eigenvalue weighted by molar-refractivity contribution is 0.0828. The van der Waals surface area contributed by atoms with E-state index in [1.807, 2.05) is 0 Å². The minimum atomic E-state index is 0.536. The Bertz CT molecular complexity index is 117. The summed E-state index contributed by atoms with van der Waals surface area (Å²) in [6.45, 7) is 11.6. The van der Waals surface area contributed by atoms with Crippen LogP contribution < -0.4 is 5.32 Å². The molecule has 0 aromatic heterocycles. The van der Waals surface area contributed by atoms with Crippen LogP contribution >= 0.6 is 0 Å². The molecule has 0 heterocycles. The average Bonchev–Trinajstić information content (AvgIpc) is 2.17. The second-order valence-electron chi connectivity index (χ2n) is 4.09. The third-order valence-electron chi connectivity index (χ3n) is 2.49. The maximum atomic E-state index is 5.69. The van der Waals surface area contributed by atoms with E-state index in [1.165, 1.54) is 12.8 Å². The van der Waals surface area contributed by atoms with E-state index in [-0.39, 0.29) is 0 Å².